The first-order chi connectivity index (χ1) is 10.6. The van der Waals surface area contributed by atoms with Crippen LogP contribution in [0.15, 0.2) is 35.7 Å². The van der Waals surface area contributed by atoms with Crippen molar-refractivity contribution in [3.63, 3.8) is 0 Å². The Bertz CT molecular complexity index is 662. The van der Waals surface area contributed by atoms with Gasteiger partial charge in [-0.3, -0.25) is 9.48 Å². The first kappa shape index (κ1) is 16.4. The van der Waals surface area contributed by atoms with Crippen molar-refractivity contribution in [3.8, 4) is 0 Å². The summed E-state index contributed by atoms with van der Waals surface area (Å²) in [5.74, 6) is 0.785. The Hall–Kier alpha value is -2.01. The molecule has 0 saturated carbocycles. The van der Waals surface area contributed by atoms with Crippen molar-refractivity contribution in [2.75, 3.05) is 11.1 Å². The van der Waals surface area contributed by atoms with Crippen molar-refractivity contribution in [2.24, 2.45) is 7.05 Å². The van der Waals surface area contributed by atoms with E-state index in [1.165, 1.54) is 5.56 Å². The molecular weight excluding hydrogens is 294 g/mol. The summed E-state index contributed by atoms with van der Waals surface area (Å²) in [6.45, 7) is 3.85. The smallest absolute Gasteiger partial charge is 0.225 e. The molecule has 0 aliphatic rings. The van der Waals surface area contributed by atoms with Crippen LogP contribution in [0.4, 0.5) is 5.69 Å². The van der Waals surface area contributed by atoms with E-state index in [-0.39, 0.29) is 5.91 Å². The molecule has 0 bridgehead atoms. The van der Waals surface area contributed by atoms with Crippen molar-refractivity contribution in [1.29, 1.82) is 0 Å². The first-order valence-electron chi connectivity index (χ1n) is 7.21. The molecule has 2 rings (SSSR count). The molecule has 0 aliphatic heterocycles. The van der Waals surface area contributed by atoms with Gasteiger partial charge in [-0.15, -0.1) is 11.8 Å². The number of nitrogens with one attached hydrogen (secondary N) is 1. The van der Waals surface area contributed by atoms with Gasteiger partial charge in [0.2, 0.25) is 5.91 Å². The van der Waals surface area contributed by atoms with Crippen LogP contribution in [0.1, 0.15) is 23.4 Å². The zero-order chi connectivity index (χ0) is 15.9. The van der Waals surface area contributed by atoms with Crippen LogP contribution in [0.25, 0.3) is 6.08 Å². The molecular formula is C17H21N3OS. The second-order valence-electron chi connectivity index (χ2n) is 5.05. The van der Waals surface area contributed by atoms with Gasteiger partial charge in [-0.1, -0.05) is 30.3 Å². The van der Waals surface area contributed by atoms with Crippen molar-refractivity contribution >= 4 is 29.4 Å². The fraction of sp³-hybridized carbons (Fsp3) is 0.294. The van der Waals surface area contributed by atoms with Gasteiger partial charge in [0.15, 0.2) is 0 Å². The lowest BCUT2D eigenvalue weighted by molar-refractivity contribution is -0.115. The van der Waals surface area contributed by atoms with Crippen LogP contribution >= 0.6 is 11.8 Å². The predicted octanol–water partition coefficient (Wildman–Crippen LogP) is 3.77. The normalized spacial score (nSPS) is 11.0. The lowest BCUT2D eigenvalue weighted by atomic mass is 10.2. The summed E-state index contributed by atoms with van der Waals surface area (Å²) in [5.41, 5.74) is 3.82. The standard InChI is InChI=1S/C17H21N3OS/c1-13-17(14(2)20(3)19-13)18-16(21)10-12-22-11-9-15-7-5-4-6-8-15/h4-9,11H,10,12H2,1-3H3,(H,18,21). The Morgan fingerprint density at radius 3 is 2.68 bits per heavy atom. The van der Waals surface area contributed by atoms with Gasteiger partial charge >= 0.3 is 0 Å². The molecule has 0 aliphatic carbocycles. The summed E-state index contributed by atoms with van der Waals surface area (Å²) < 4.78 is 1.78. The van der Waals surface area contributed by atoms with E-state index in [2.05, 4.69) is 28.6 Å². The number of amides is 1. The van der Waals surface area contributed by atoms with E-state index in [1.54, 1.807) is 16.4 Å². The molecule has 1 N–H and O–H groups in total. The Balaban J connectivity index is 1.75. The molecule has 2 aromatic rings. The molecule has 0 atom stereocenters. The van der Waals surface area contributed by atoms with Crippen molar-refractivity contribution < 1.29 is 4.79 Å². The van der Waals surface area contributed by atoms with E-state index in [0.717, 1.165) is 22.8 Å². The highest BCUT2D eigenvalue weighted by Crippen LogP contribution is 2.19. The number of aromatic nitrogens is 2. The molecule has 1 aromatic carbocycles. The quantitative estimate of drug-likeness (QED) is 0.825. The number of benzene rings is 1. The zero-order valence-electron chi connectivity index (χ0n) is 13.2. The highest BCUT2D eigenvalue weighted by atomic mass is 32.2. The van der Waals surface area contributed by atoms with E-state index < -0.39 is 0 Å². The van der Waals surface area contributed by atoms with Gasteiger partial charge in [-0.2, -0.15) is 5.10 Å². The number of rotatable bonds is 6. The highest BCUT2D eigenvalue weighted by molar-refractivity contribution is 8.02. The Kier molecular flexibility index (Phi) is 5.83. The number of carbonyl (C=O) groups excluding carboxylic acids is 1. The number of carbonyl (C=O) groups is 1. The number of anilines is 1. The molecule has 0 saturated heterocycles. The van der Waals surface area contributed by atoms with Crippen LogP contribution in [-0.4, -0.2) is 21.4 Å². The summed E-state index contributed by atoms with van der Waals surface area (Å²) >= 11 is 1.64. The monoisotopic (exact) mass is 315 g/mol. The number of hydrogen-bond donors (Lipinski definition) is 1. The summed E-state index contributed by atoms with van der Waals surface area (Å²) in [7, 11) is 1.88. The maximum absolute atomic E-state index is 12.0. The van der Waals surface area contributed by atoms with E-state index in [1.807, 2.05) is 44.5 Å². The number of aryl methyl sites for hydroxylation is 2. The second kappa shape index (κ2) is 7.84. The van der Waals surface area contributed by atoms with Crippen LogP contribution in [0.3, 0.4) is 0 Å². The van der Waals surface area contributed by atoms with Gasteiger partial charge in [0.05, 0.1) is 17.1 Å². The minimum atomic E-state index is 0.0276. The molecule has 22 heavy (non-hydrogen) atoms. The van der Waals surface area contributed by atoms with Crippen LogP contribution in [0.5, 0.6) is 0 Å². The maximum Gasteiger partial charge on any atom is 0.225 e. The lowest BCUT2D eigenvalue weighted by Gasteiger charge is -2.04. The Labute approximate surface area is 135 Å². The molecule has 116 valence electrons. The molecule has 0 fully saturated rings. The fourth-order valence-corrected chi connectivity index (χ4v) is 2.76. The predicted molar refractivity (Wildman–Crippen MR) is 93.9 cm³/mol. The van der Waals surface area contributed by atoms with Crippen molar-refractivity contribution in [1.82, 2.24) is 9.78 Å². The highest BCUT2D eigenvalue weighted by Gasteiger charge is 2.11. The summed E-state index contributed by atoms with van der Waals surface area (Å²) in [6.07, 6.45) is 2.54. The molecule has 5 heteroatoms. The van der Waals surface area contributed by atoms with E-state index in [9.17, 15) is 4.79 Å². The van der Waals surface area contributed by atoms with Crippen LogP contribution < -0.4 is 5.32 Å². The molecule has 1 aromatic heterocycles. The second-order valence-corrected chi connectivity index (χ2v) is 6.07. The third-order valence-electron chi connectivity index (χ3n) is 3.38. The van der Waals surface area contributed by atoms with Crippen LogP contribution in [0.2, 0.25) is 0 Å². The van der Waals surface area contributed by atoms with Crippen LogP contribution in [-0.2, 0) is 11.8 Å². The Morgan fingerprint density at radius 1 is 1.32 bits per heavy atom. The zero-order valence-corrected chi connectivity index (χ0v) is 14.0. The SMILES string of the molecule is Cc1nn(C)c(C)c1NC(=O)CCSC=Cc1ccccc1. The number of hydrogen-bond acceptors (Lipinski definition) is 3. The van der Waals surface area contributed by atoms with Gasteiger partial charge in [0.25, 0.3) is 0 Å². The molecule has 0 spiro atoms. The van der Waals surface area contributed by atoms with E-state index in [4.69, 9.17) is 0 Å². The topological polar surface area (TPSA) is 46.9 Å². The summed E-state index contributed by atoms with van der Waals surface area (Å²) in [6, 6.07) is 10.1. The van der Waals surface area contributed by atoms with Gasteiger partial charge < -0.3 is 5.32 Å². The van der Waals surface area contributed by atoms with Gasteiger partial charge in [0.1, 0.15) is 0 Å². The summed E-state index contributed by atoms with van der Waals surface area (Å²) in [4.78, 5) is 12.0. The molecule has 4 nitrogen and oxygen atoms in total. The molecule has 0 unspecified atom stereocenters. The third-order valence-corrected chi connectivity index (χ3v) is 4.15. The molecule has 0 radical (unpaired) electrons. The number of nitrogens with zero attached hydrogens (tertiary/aromatic N) is 2. The number of thioether (sulfide) groups is 1. The van der Waals surface area contributed by atoms with Crippen molar-refractivity contribution in [2.45, 2.75) is 20.3 Å². The largest absolute Gasteiger partial charge is 0.323 e. The van der Waals surface area contributed by atoms with Gasteiger partial charge in [0, 0.05) is 19.2 Å². The maximum atomic E-state index is 12.0. The average Bonchev–Trinajstić information content (AvgIpc) is 2.74. The molecule has 1 heterocycles. The van der Waals surface area contributed by atoms with Crippen LogP contribution in [0, 0.1) is 13.8 Å². The van der Waals surface area contributed by atoms with Gasteiger partial charge in [-0.25, -0.2) is 0 Å². The molecule has 1 amide bonds. The van der Waals surface area contributed by atoms with Crippen molar-refractivity contribution in [3.05, 3.63) is 52.7 Å². The lowest BCUT2D eigenvalue weighted by Crippen LogP contribution is -2.13. The third kappa shape index (κ3) is 4.49. The average molecular weight is 315 g/mol. The minimum absolute atomic E-state index is 0.0276. The van der Waals surface area contributed by atoms with Gasteiger partial charge in [-0.05, 0) is 30.9 Å². The first-order valence-corrected chi connectivity index (χ1v) is 8.26. The van der Waals surface area contributed by atoms with E-state index in [0.29, 0.717) is 6.42 Å². The van der Waals surface area contributed by atoms with E-state index >= 15 is 0 Å². The fourth-order valence-electron chi connectivity index (χ4n) is 2.07. The minimum Gasteiger partial charge on any atom is -0.323 e. The summed E-state index contributed by atoms with van der Waals surface area (Å²) in [5, 5.41) is 9.27. The Morgan fingerprint density at radius 2 is 2.05 bits per heavy atom.